The first-order chi connectivity index (χ1) is 9.46. The highest BCUT2D eigenvalue weighted by molar-refractivity contribution is 7.89. The van der Waals surface area contributed by atoms with Crippen LogP contribution in [0.2, 0.25) is 0 Å². The van der Waals surface area contributed by atoms with Crippen molar-refractivity contribution in [3.05, 3.63) is 24.3 Å². The van der Waals surface area contributed by atoms with E-state index in [1.165, 1.54) is 0 Å². The van der Waals surface area contributed by atoms with Crippen LogP contribution in [0.25, 0.3) is 0 Å². The van der Waals surface area contributed by atoms with E-state index in [2.05, 4.69) is 11.6 Å². The Morgan fingerprint density at radius 2 is 2.20 bits per heavy atom. The summed E-state index contributed by atoms with van der Waals surface area (Å²) in [5.74, 6) is 0.972. The van der Waals surface area contributed by atoms with Crippen molar-refractivity contribution in [3.8, 4) is 5.75 Å². The quantitative estimate of drug-likeness (QED) is 0.784. The van der Waals surface area contributed by atoms with Crippen molar-refractivity contribution in [2.75, 3.05) is 18.1 Å². The number of nitrogen functional groups attached to an aromatic ring is 1. The van der Waals surface area contributed by atoms with Crippen molar-refractivity contribution in [1.29, 1.82) is 0 Å². The molecular formula is C14H22N2O3S. The van der Waals surface area contributed by atoms with Gasteiger partial charge < -0.3 is 10.5 Å². The Morgan fingerprint density at radius 3 is 2.85 bits per heavy atom. The molecule has 0 radical (unpaired) electrons. The van der Waals surface area contributed by atoms with Crippen molar-refractivity contribution in [3.63, 3.8) is 0 Å². The highest BCUT2D eigenvalue weighted by Crippen LogP contribution is 2.25. The second-order valence-corrected chi connectivity index (χ2v) is 7.25. The van der Waals surface area contributed by atoms with Gasteiger partial charge in [-0.15, -0.1) is 0 Å². The molecule has 1 fully saturated rings. The molecule has 0 heterocycles. The second kappa shape index (κ2) is 6.45. The van der Waals surface area contributed by atoms with Gasteiger partial charge in [-0.3, -0.25) is 0 Å². The van der Waals surface area contributed by atoms with Crippen LogP contribution in [-0.2, 0) is 10.0 Å². The van der Waals surface area contributed by atoms with E-state index >= 15 is 0 Å². The average molecular weight is 298 g/mol. The number of nitrogens with one attached hydrogen (secondary N) is 1. The van der Waals surface area contributed by atoms with Gasteiger partial charge in [-0.05, 0) is 30.9 Å². The van der Waals surface area contributed by atoms with E-state index in [-0.39, 0.29) is 18.4 Å². The number of rotatable bonds is 6. The predicted octanol–water partition coefficient (Wildman–Crippen LogP) is 1.76. The van der Waals surface area contributed by atoms with Crippen LogP contribution >= 0.6 is 0 Å². The SMILES string of the molecule is CC1CCCC1NS(=O)(=O)CCOc1cccc(N)c1. The Balaban J connectivity index is 1.80. The van der Waals surface area contributed by atoms with E-state index < -0.39 is 10.0 Å². The summed E-state index contributed by atoms with van der Waals surface area (Å²) in [5, 5.41) is 0. The van der Waals surface area contributed by atoms with Gasteiger partial charge in [0.2, 0.25) is 10.0 Å². The fourth-order valence-electron chi connectivity index (χ4n) is 2.48. The molecule has 6 heteroatoms. The number of hydrogen-bond acceptors (Lipinski definition) is 4. The van der Waals surface area contributed by atoms with E-state index in [9.17, 15) is 8.42 Å². The van der Waals surface area contributed by atoms with Gasteiger partial charge in [0, 0.05) is 17.8 Å². The average Bonchev–Trinajstić information content (AvgIpc) is 2.74. The zero-order valence-electron chi connectivity index (χ0n) is 11.7. The molecule has 0 bridgehead atoms. The van der Waals surface area contributed by atoms with Crippen molar-refractivity contribution >= 4 is 15.7 Å². The summed E-state index contributed by atoms with van der Waals surface area (Å²) < 4.78 is 32.1. The van der Waals surface area contributed by atoms with Crippen LogP contribution < -0.4 is 15.2 Å². The number of hydrogen-bond donors (Lipinski definition) is 2. The van der Waals surface area contributed by atoms with Crippen LogP contribution in [0.3, 0.4) is 0 Å². The highest BCUT2D eigenvalue weighted by atomic mass is 32.2. The molecule has 3 N–H and O–H groups in total. The van der Waals surface area contributed by atoms with Crippen LogP contribution in [0.5, 0.6) is 5.75 Å². The molecule has 1 aromatic rings. The minimum Gasteiger partial charge on any atom is -0.492 e. The Morgan fingerprint density at radius 1 is 1.40 bits per heavy atom. The molecule has 2 atom stereocenters. The van der Waals surface area contributed by atoms with Crippen molar-refractivity contribution < 1.29 is 13.2 Å². The van der Waals surface area contributed by atoms with Crippen LogP contribution in [0, 0.1) is 5.92 Å². The first-order valence-corrected chi connectivity index (χ1v) is 8.60. The Hall–Kier alpha value is -1.27. The first kappa shape index (κ1) is 15.1. The fourth-order valence-corrected chi connectivity index (χ4v) is 3.72. The summed E-state index contributed by atoms with van der Waals surface area (Å²) in [4.78, 5) is 0. The lowest BCUT2D eigenvalue weighted by Crippen LogP contribution is -2.39. The number of anilines is 1. The van der Waals surface area contributed by atoms with Crippen LogP contribution in [0.4, 0.5) is 5.69 Å². The molecule has 0 spiro atoms. The molecule has 1 aliphatic carbocycles. The third kappa shape index (κ3) is 4.38. The predicted molar refractivity (Wildman–Crippen MR) is 80.1 cm³/mol. The molecule has 1 aromatic carbocycles. The van der Waals surface area contributed by atoms with Crippen LogP contribution in [-0.4, -0.2) is 26.8 Å². The molecule has 1 aliphatic rings. The maximum atomic E-state index is 12.0. The second-order valence-electron chi connectivity index (χ2n) is 5.37. The maximum Gasteiger partial charge on any atom is 0.215 e. The van der Waals surface area contributed by atoms with Gasteiger partial charge in [0.15, 0.2) is 0 Å². The molecule has 0 aliphatic heterocycles. The summed E-state index contributed by atoms with van der Waals surface area (Å²) in [7, 11) is -3.28. The topological polar surface area (TPSA) is 81.4 Å². The number of sulfonamides is 1. The third-order valence-corrected chi connectivity index (χ3v) is 5.04. The van der Waals surface area contributed by atoms with E-state index in [1.54, 1.807) is 24.3 Å². The Kier molecular flexibility index (Phi) is 4.88. The highest BCUT2D eigenvalue weighted by Gasteiger charge is 2.27. The molecule has 0 amide bonds. The molecule has 0 saturated heterocycles. The number of ether oxygens (including phenoxy) is 1. The summed E-state index contributed by atoms with van der Waals surface area (Å²) in [6.45, 7) is 2.21. The monoisotopic (exact) mass is 298 g/mol. The van der Waals surface area contributed by atoms with Crippen molar-refractivity contribution in [1.82, 2.24) is 4.72 Å². The smallest absolute Gasteiger partial charge is 0.215 e. The van der Waals surface area contributed by atoms with E-state index in [4.69, 9.17) is 10.5 Å². The van der Waals surface area contributed by atoms with Gasteiger partial charge in [-0.2, -0.15) is 0 Å². The number of benzene rings is 1. The lowest BCUT2D eigenvalue weighted by molar-refractivity contribution is 0.339. The van der Waals surface area contributed by atoms with E-state index in [0.29, 0.717) is 17.4 Å². The zero-order valence-corrected chi connectivity index (χ0v) is 12.5. The summed E-state index contributed by atoms with van der Waals surface area (Å²) in [5.41, 5.74) is 6.23. The van der Waals surface area contributed by atoms with Gasteiger partial charge in [-0.25, -0.2) is 13.1 Å². The van der Waals surface area contributed by atoms with Gasteiger partial charge >= 0.3 is 0 Å². The summed E-state index contributed by atoms with van der Waals surface area (Å²) in [6.07, 6.45) is 3.11. The Bertz CT molecular complexity index is 545. The molecule has 112 valence electrons. The largest absolute Gasteiger partial charge is 0.492 e. The molecule has 2 unspecified atom stereocenters. The molecule has 20 heavy (non-hydrogen) atoms. The molecule has 1 saturated carbocycles. The minimum atomic E-state index is -3.28. The standard InChI is InChI=1S/C14H22N2O3S/c1-11-4-2-7-14(11)16-20(17,18)9-8-19-13-6-3-5-12(15)10-13/h3,5-6,10-11,14,16H,2,4,7-9,15H2,1H3. The number of nitrogens with two attached hydrogens (primary N) is 1. The van der Waals surface area contributed by atoms with Gasteiger partial charge in [0.05, 0.1) is 5.75 Å². The fraction of sp³-hybridized carbons (Fsp3) is 0.571. The lowest BCUT2D eigenvalue weighted by atomic mass is 10.1. The first-order valence-electron chi connectivity index (χ1n) is 6.94. The summed E-state index contributed by atoms with van der Waals surface area (Å²) >= 11 is 0. The van der Waals surface area contributed by atoms with Crippen molar-refractivity contribution in [2.24, 2.45) is 5.92 Å². The van der Waals surface area contributed by atoms with Gasteiger partial charge in [0.25, 0.3) is 0 Å². The maximum absolute atomic E-state index is 12.0. The molecular weight excluding hydrogens is 276 g/mol. The summed E-state index contributed by atoms with van der Waals surface area (Å²) in [6, 6.07) is 7.05. The zero-order chi connectivity index (χ0) is 14.6. The van der Waals surface area contributed by atoms with Crippen molar-refractivity contribution in [2.45, 2.75) is 32.2 Å². The van der Waals surface area contributed by atoms with Crippen LogP contribution in [0.15, 0.2) is 24.3 Å². The molecule has 5 nitrogen and oxygen atoms in total. The third-order valence-electron chi connectivity index (χ3n) is 3.67. The normalized spacial score (nSPS) is 22.9. The minimum absolute atomic E-state index is 0.0367. The van der Waals surface area contributed by atoms with Crippen LogP contribution in [0.1, 0.15) is 26.2 Å². The Labute approximate surface area is 120 Å². The molecule has 0 aromatic heterocycles. The molecule has 2 rings (SSSR count). The van der Waals surface area contributed by atoms with Gasteiger partial charge in [0.1, 0.15) is 12.4 Å². The lowest BCUT2D eigenvalue weighted by Gasteiger charge is -2.17. The van der Waals surface area contributed by atoms with E-state index in [1.807, 2.05) is 0 Å². The van der Waals surface area contributed by atoms with Gasteiger partial charge in [-0.1, -0.05) is 19.4 Å². The van der Waals surface area contributed by atoms with E-state index in [0.717, 1.165) is 19.3 Å².